The highest BCUT2D eigenvalue weighted by Crippen LogP contribution is 2.39. The Kier molecular flexibility index (Phi) is 3.02. The zero-order chi connectivity index (χ0) is 12.4. The smallest absolute Gasteiger partial charge is 0.00365 e. The topological polar surface area (TPSA) is 0 Å². The van der Waals surface area contributed by atoms with Crippen LogP contribution in [0.15, 0.2) is 72.9 Å². The van der Waals surface area contributed by atoms with E-state index >= 15 is 0 Å². The molecule has 90 valence electrons. The van der Waals surface area contributed by atoms with Crippen molar-refractivity contribution < 1.29 is 0 Å². The van der Waals surface area contributed by atoms with Crippen LogP contribution < -0.4 is 0 Å². The maximum Gasteiger partial charge on any atom is 0.00365 e. The van der Waals surface area contributed by atoms with Crippen molar-refractivity contribution in [1.29, 1.82) is 0 Å². The zero-order valence-electron chi connectivity index (χ0n) is 10.7. The van der Waals surface area contributed by atoms with E-state index in [4.69, 9.17) is 0 Å². The van der Waals surface area contributed by atoms with Crippen molar-refractivity contribution in [3.05, 3.63) is 84.0 Å². The molecule has 0 atom stereocenters. The average molecular weight is 234 g/mol. The summed E-state index contributed by atoms with van der Waals surface area (Å²) in [5.74, 6) is 1.56. The van der Waals surface area contributed by atoms with Gasteiger partial charge in [0.2, 0.25) is 0 Å². The molecule has 0 radical (unpaired) electrons. The van der Waals surface area contributed by atoms with Crippen LogP contribution in [0.3, 0.4) is 0 Å². The second kappa shape index (κ2) is 4.81. The van der Waals surface area contributed by atoms with Crippen LogP contribution in [0, 0.1) is 18.8 Å². The monoisotopic (exact) mass is 234 g/mol. The Morgan fingerprint density at radius 2 is 1.28 bits per heavy atom. The summed E-state index contributed by atoms with van der Waals surface area (Å²) in [6.45, 7) is 2.22. The van der Waals surface area contributed by atoms with Crippen molar-refractivity contribution >= 4 is 0 Å². The zero-order valence-corrected chi connectivity index (χ0v) is 10.7. The number of benzene rings is 1. The summed E-state index contributed by atoms with van der Waals surface area (Å²) in [5, 5.41) is 0. The van der Waals surface area contributed by atoms with E-state index in [2.05, 4.69) is 79.8 Å². The highest BCUT2D eigenvalue weighted by Gasteiger charge is 2.28. The van der Waals surface area contributed by atoms with Crippen LogP contribution in [0.2, 0.25) is 0 Å². The molecule has 0 bridgehead atoms. The van der Waals surface area contributed by atoms with Gasteiger partial charge in [0.15, 0.2) is 0 Å². The van der Waals surface area contributed by atoms with Crippen molar-refractivity contribution in [3.63, 3.8) is 0 Å². The molecule has 0 saturated heterocycles. The Balaban J connectivity index is 2.02. The van der Waals surface area contributed by atoms with E-state index in [1.165, 1.54) is 11.1 Å². The fraction of sp³-hybridized carbons (Fsp3) is 0.222. The summed E-state index contributed by atoms with van der Waals surface area (Å²) in [7, 11) is 0. The molecule has 1 aromatic carbocycles. The molecule has 0 amide bonds. The van der Waals surface area contributed by atoms with Crippen molar-refractivity contribution in [2.45, 2.75) is 12.8 Å². The van der Waals surface area contributed by atoms with Gasteiger partial charge in [-0.05, 0) is 18.1 Å². The molecule has 0 aromatic heterocycles. The molecule has 2 aliphatic carbocycles. The van der Waals surface area contributed by atoms with Crippen LogP contribution >= 0.6 is 0 Å². The lowest BCUT2D eigenvalue weighted by Gasteiger charge is -2.27. The summed E-state index contributed by atoms with van der Waals surface area (Å²) in [4.78, 5) is 0. The number of hydrogen-bond acceptors (Lipinski definition) is 0. The largest absolute Gasteiger partial charge is 0.0770 e. The van der Waals surface area contributed by atoms with Gasteiger partial charge in [0.1, 0.15) is 0 Å². The Morgan fingerprint density at radius 3 is 1.78 bits per heavy atom. The van der Waals surface area contributed by atoms with Crippen molar-refractivity contribution in [1.82, 2.24) is 0 Å². The lowest BCUT2D eigenvalue weighted by atomic mass is 9.76. The molecule has 2 aliphatic rings. The number of rotatable bonds is 3. The Morgan fingerprint density at radius 1 is 0.778 bits per heavy atom. The first-order chi connectivity index (χ1) is 8.86. The highest BCUT2D eigenvalue weighted by molar-refractivity contribution is 5.38. The Hall–Kier alpha value is -1.82. The first kappa shape index (κ1) is 11.3. The Bertz CT molecular complexity index is 491. The lowest BCUT2D eigenvalue weighted by Crippen LogP contribution is -2.16. The van der Waals surface area contributed by atoms with Gasteiger partial charge in [0.05, 0.1) is 0 Å². The fourth-order valence-corrected chi connectivity index (χ4v) is 3.01. The van der Waals surface area contributed by atoms with Gasteiger partial charge in [0.25, 0.3) is 0 Å². The first-order valence-electron chi connectivity index (χ1n) is 6.62. The number of allylic oxidation sites excluding steroid dienone is 8. The maximum absolute atomic E-state index is 2.32. The first-order valence-corrected chi connectivity index (χ1v) is 6.62. The summed E-state index contributed by atoms with van der Waals surface area (Å²) in [6, 6.07) is 8.77. The van der Waals surface area contributed by atoms with Gasteiger partial charge in [-0.1, -0.05) is 72.9 Å². The van der Waals surface area contributed by atoms with E-state index < -0.39 is 0 Å². The molecule has 0 heteroatoms. The van der Waals surface area contributed by atoms with Crippen LogP contribution in [-0.4, -0.2) is 0 Å². The molecule has 0 aliphatic heterocycles. The van der Waals surface area contributed by atoms with Gasteiger partial charge in [-0.3, -0.25) is 0 Å². The molecule has 0 N–H and O–H groups in total. The van der Waals surface area contributed by atoms with Crippen LogP contribution in [0.1, 0.15) is 17.0 Å². The van der Waals surface area contributed by atoms with E-state index in [1.54, 1.807) is 0 Å². The van der Waals surface area contributed by atoms with Gasteiger partial charge < -0.3 is 0 Å². The standard InChI is InChI=1S/C18H18/c1-14-8-2-7-13-17(14)18(15-9-3-4-10-15)16-11-5-6-12-16/h2-13,15-16,18H,1H3. The minimum atomic E-state index is 0.517. The van der Waals surface area contributed by atoms with E-state index in [-0.39, 0.29) is 0 Å². The van der Waals surface area contributed by atoms with Crippen molar-refractivity contribution in [2.75, 3.05) is 0 Å². The molecule has 0 spiro atoms. The summed E-state index contributed by atoms with van der Waals surface area (Å²) in [6.07, 6.45) is 17.9. The van der Waals surface area contributed by atoms with Gasteiger partial charge in [-0.15, -0.1) is 0 Å². The van der Waals surface area contributed by atoms with E-state index in [9.17, 15) is 0 Å². The SMILES string of the molecule is Cc1ccccc1C(C1C=CC=C1)C1C=CC=C1. The maximum atomic E-state index is 2.32. The van der Waals surface area contributed by atoms with Gasteiger partial charge in [0, 0.05) is 17.8 Å². The molecule has 18 heavy (non-hydrogen) atoms. The summed E-state index contributed by atoms with van der Waals surface area (Å²) >= 11 is 0. The predicted molar refractivity (Wildman–Crippen MR) is 77.5 cm³/mol. The van der Waals surface area contributed by atoms with Crippen LogP contribution in [0.4, 0.5) is 0 Å². The number of aryl methyl sites for hydroxylation is 1. The highest BCUT2D eigenvalue weighted by atomic mass is 14.3. The molecule has 0 heterocycles. The summed E-state index contributed by atoms with van der Waals surface area (Å²) < 4.78 is 0. The van der Waals surface area contributed by atoms with Crippen LogP contribution in [0.25, 0.3) is 0 Å². The van der Waals surface area contributed by atoms with E-state index in [0.29, 0.717) is 17.8 Å². The van der Waals surface area contributed by atoms with Crippen LogP contribution in [0.5, 0.6) is 0 Å². The van der Waals surface area contributed by atoms with Gasteiger partial charge in [-0.2, -0.15) is 0 Å². The van der Waals surface area contributed by atoms with Crippen molar-refractivity contribution in [2.24, 2.45) is 11.8 Å². The third-order valence-electron chi connectivity index (χ3n) is 3.93. The summed E-state index contributed by atoms with van der Waals surface area (Å²) in [5.41, 5.74) is 2.87. The van der Waals surface area contributed by atoms with E-state index in [0.717, 1.165) is 0 Å². The second-order valence-electron chi connectivity index (χ2n) is 5.08. The second-order valence-corrected chi connectivity index (χ2v) is 5.08. The fourth-order valence-electron chi connectivity index (χ4n) is 3.01. The normalized spacial score (nSPS) is 18.6. The van der Waals surface area contributed by atoms with Crippen molar-refractivity contribution in [3.8, 4) is 0 Å². The third-order valence-corrected chi connectivity index (χ3v) is 3.93. The predicted octanol–water partition coefficient (Wildman–Crippen LogP) is 4.56. The molecule has 1 aromatic rings. The van der Waals surface area contributed by atoms with Gasteiger partial charge in [-0.25, -0.2) is 0 Å². The molecule has 0 unspecified atom stereocenters. The average Bonchev–Trinajstić information content (AvgIpc) is 3.05. The Labute approximate surface area is 109 Å². The third kappa shape index (κ3) is 1.99. The molecular weight excluding hydrogens is 216 g/mol. The molecule has 0 fully saturated rings. The molecule has 3 rings (SSSR count). The van der Waals surface area contributed by atoms with E-state index in [1.807, 2.05) is 0 Å². The molecular formula is C18H18. The minimum absolute atomic E-state index is 0.517. The molecule has 0 saturated carbocycles. The molecule has 0 nitrogen and oxygen atoms in total. The number of hydrogen-bond donors (Lipinski definition) is 0. The lowest BCUT2D eigenvalue weighted by molar-refractivity contribution is 0.523. The van der Waals surface area contributed by atoms with Crippen LogP contribution in [-0.2, 0) is 0 Å². The minimum Gasteiger partial charge on any atom is -0.0770 e. The quantitative estimate of drug-likeness (QED) is 0.719. The van der Waals surface area contributed by atoms with Gasteiger partial charge >= 0.3 is 0 Å².